The van der Waals surface area contributed by atoms with Crippen LogP contribution in [0, 0.1) is 0 Å². The Kier molecular flexibility index (Phi) is 5.49. The van der Waals surface area contributed by atoms with Crippen molar-refractivity contribution in [3.05, 3.63) is 35.4 Å². The fourth-order valence-electron chi connectivity index (χ4n) is 1.02. The minimum atomic E-state index is -4.06. The van der Waals surface area contributed by atoms with E-state index in [0.717, 1.165) is 0 Å². The zero-order valence-corrected chi connectivity index (χ0v) is 12.2. The molecule has 1 rings (SSSR count). The summed E-state index contributed by atoms with van der Waals surface area (Å²) in [6.07, 6.45) is 0. The summed E-state index contributed by atoms with van der Waals surface area (Å²) in [5.41, 5.74) is 1.36. The first-order chi connectivity index (χ1) is 8.16. The molecule has 0 aliphatic rings. The van der Waals surface area contributed by atoms with E-state index in [4.69, 9.17) is 9.11 Å². The van der Waals surface area contributed by atoms with Crippen LogP contribution >= 0.6 is 21.6 Å². The number of benzene rings is 1. The van der Waals surface area contributed by atoms with Gasteiger partial charge in [0.2, 0.25) is 0 Å². The summed E-state index contributed by atoms with van der Waals surface area (Å²) in [7, 11) is -7.33. The molecule has 0 aromatic heterocycles. The van der Waals surface area contributed by atoms with Crippen molar-refractivity contribution >= 4 is 39.9 Å². The molecule has 0 saturated heterocycles. The summed E-state index contributed by atoms with van der Waals surface area (Å²) in [5, 5.41) is 0. The molecule has 2 N–H and O–H groups in total. The van der Waals surface area contributed by atoms with E-state index in [1.165, 1.54) is 0 Å². The maximum atomic E-state index is 10.5. The van der Waals surface area contributed by atoms with Crippen molar-refractivity contribution < 1.29 is 25.9 Å². The van der Waals surface area contributed by atoms with E-state index in [1.54, 1.807) is 24.3 Å². The second-order valence-electron chi connectivity index (χ2n) is 3.20. The summed E-state index contributed by atoms with van der Waals surface area (Å²) in [5.74, 6) is 0.203. The van der Waals surface area contributed by atoms with Crippen LogP contribution in [-0.2, 0) is 29.8 Å². The third-order valence-corrected chi connectivity index (χ3v) is 5.76. The first-order valence-electron chi connectivity index (χ1n) is 4.47. The molecule has 0 heterocycles. The van der Waals surface area contributed by atoms with Crippen LogP contribution in [0.1, 0.15) is 11.1 Å². The molecule has 0 bridgehead atoms. The summed E-state index contributed by atoms with van der Waals surface area (Å²) >= 11 is 0. The fraction of sp³-hybridized carbons (Fsp3) is 0.250. The SMILES string of the molecule is O=S(=O)(O)SCc1ccc(CSS(=O)(=O)O)cc1. The summed E-state index contributed by atoms with van der Waals surface area (Å²) in [6.45, 7) is 0. The molecule has 0 aliphatic carbocycles. The van der Waals surface area contributed by atoms with Gasteiger partial charge in [0.15, 0.2) is 0 Å². The average molecular weight is 330 g/mol. The highest BCUT2D eigenvalue weighted by Gasteiger charge is 2.07. The van der Waals surface area contributed by atoms with Gasteiger partial charge < -0.3 is 0 Å². The number of hydrogen-bond donors (Lipinski definition) is 2. The van der Waals surface area contributed by atoms with Crippen molar-refractivity contribution in [3.8, 4) is 0 Å². The lowest BCUT2D eigenvalue weighted by Crippen LogP contribution is -1.93. The Bertz CT molecular complexity index is 534. The lowest BCUT2D eigenvalue weighted by molar-refractivity contribution is 0.500. The lowest BCUT2D eigenvalue weighted by Gasteiger charge is -2.02. The summed E-state index contributed by atoms with van der Waals surface area (Å²) in [6, 6.07) is 6.49. The van der Waals surface area contributed by atoms with Gasteiger partial charge >= 0.3 is 18.3 Å². The second kappa shape index (κ2) is 6.26. The van der Waals surface area contributed by atoms with Crippen molar-refractivity contribution in [2.45, 2.75) is 11.5 Å². The van der Waals surface area contributed by atoms with Crippen molar-refractivity contribution in [3.63, 3.8) is 0 Å². The lowest BCUT2D eigenvalue weighted by atomic mass is 10.2. The summed E-state index contributed by atoms with van der Waals surface area (Å²) in [4.78, 5) is 0. The summed E-state index contributed by atoms with van der Waals surface area (Å²) < 4.78 is 59.1. The quantitative estimate of drug-likeness (QED) is 0.600. The second-order valence-corrected chi connectivity index (χ2v) is 9.90. The van der Waals surface area contributed by atoms with Gasteiger partial charge in [-0.3, -0.25) is 9.11 Å². The maximum absolute atomic E-state index is 10.5. The van der Waals surface area contributed by atoms with E-state index in [0.29, 0.717) is 32.7 Å². The molecule has 1 aromatic carbocycles. The molecule has 0 unspecified atom stereocenters. The Morgan fingerprint density at radius 2 is 1.06 bits per heavy atom. The van der Waals surface area contributed by atoms with Gasteiger partial charge in [0, 0.05) is 33.1 Å². The molecule has 0 spiro atoms. The smallest absolute Gasteiger partial charge is 0.277 e. The first-order valence-corrected chi connectivity index (χ1v) is 10.4. The molecule has 0 amide bonds. The molecule has 10 heteroatoms. The van der Waals surface area contributed by atoms with E-state index in [9.17, 15) is 16.8 Å². The van der Waals surface area contributed by atoms with Crippen LogP contribution in [0.4, 0.5) is 0 Å². The molecule has 0 fully saturated rings. The zero-order valence-electron chi connectivity index (χ0n) is 8.88. The standard InChI is InChI=1S/C8H10O6S4/c9-17(10,11)15-5-7-1-2-8(4-3-7)6-16-18(12,13)14/h1-4H,5-6H2,(H,9,10,11)(H,12,13,14). The van der Waals surface area contributed by atoms with E-state index in [1.807, 2.05) is 0 Å². The van der Waals surface area contributed by atoms with Crippen molar-refractivity contribution in [1.29, 1.82) is 0 Å². The van der Waals surface area contributed by atoms with Crippen LogP contribution in [0.3, 0.4) is 0 Å². The van der Waals surface area contributed by atoms with Gasteiger partial charge in [0.1, 0.15) is 0 Å². The van der Waals surface area contributed by atoms with E-state index in [2.05, 4.69) is 0 Å². The molecule has 102 valence electrons. The van der Waals surface area contributed by atoms with Crippen molar-refractivity contribution in [2.24, 2.45) is 0 Å². The van der Waals surface area contributed by atoms with Crippen molar-refractivity contribution in [2.75, 3.05) is 0 Å². The molecule has 6 nitrogen and oxygen atoms in total. The van der Waals surface area contributed by atoms with Crippen LogP contribution in [0.25, 0.3) is 0 Å². The van der Waals surface area contributed by atoms with Gasteiger partial charge in [0.25, 0.3) is 0 Å². The highest BCUT2D eigenvalue weighted by Crippen LogP contribution is 2.20. The molecule has 0 aliphatic heterocycles. The van der Waals surface area contributed by atoms with Gasteiger partial charge in [-0.2, -0.15) is 16.8 Å². The van der Waals surface area contributed by atoms with Crippen LogP contribution in [0.15, 0.2) is 24.3 Å². The Balaban J connectivity index is 2.58. The van der Waals surface area contributed by atoms with Crippen LogP contribution in [-0.4, -0.2) is 25.9 Å². The first kappa shape index (κ1) is 15.8. The normalized spacial score (nSPS) is 12.6. The topological polar surface area (TPSA) is 109 Å². The van der Waals surface area contributed by atoms with Crippen LogP contribution in [0.2, 0.25) is 0 Å². The average Bonchev–Trinajstić information content (AvgIpc) is 2.23. The monoisotopic (exact) mass is 330 g/mol. The molecule has 18 heavy (non-hydrogen) atoms. The minimum absolute atomic E-state index is 0.102. The largest absolute Gasteiger partial charge is 0.320 e. The Morgan fingerprint density at radius 1 is 0.778 bits per heavy atom. The number of hydrogen-bond acceptors (Lipinski definition) is 6. The fourth-order valence-corrected chi connectivity index (χ4v) is 3.68. The Hall–Kier alpha value is -0.260. The predicted molar refractivity (Wildman–Crippen MR) is 72.1 cm³/mol. The predicted octanol–water partition coefficient (Wildman–Crippen LogP) is 1.76. The van der Waals surface area contributed by atoms with Gasteiger partial charge in [-0.25, -0.2) is 0 Å². The van der Waals surface area contributed by atoms with E-state index < -0.39 is 18.3 Å². The van der Waals surface area contributed by atoms with Crippen LogP contribution in [0.5, 0.6) is 0 Å². The third-order valence-electron chi connectivity index (χ3n) is 1.77. The minimum Gasteiger partial charge on any atom is -0.277 e. The molecular weight excluding hydrogens is 320 g/mol. The van der Waals surface area contributed by atoms with Gasteiger partial charge in [-0.15, -0.1) is 0 Å². The molecule has 0 radical (unpaired) electrons. The number of rotatable bonds is 6. The molecular formula is C8H10O6S4. The van der Waals surface area contributed by atoms with Crippen molar-refractivity contribution in [1.82, 2.24) is 0 Å². The van der Waals surface area contributed by atoms with Gasteiger partial charge in [0.05, 0.1) is 0 Å². The highest BCUT2D eigenvalue weighted by atomic mass is 33.2. The maximum Gasteiger partial charge on any atom is 0.320 e. The van der Waals surface area contributed by atoms with E-state index in [-0.39, 0.29) is 11.5 Å². The zero-order chi connectivity index (χ0) is 13.8. The third kappa shape index (κ3) is 7.24. The Morgan fingerprint density at radius 3 is 1.28 bits per heavy atom. The molecule has 0 saturated carbocycles. The molecule has 0 atom stereocenters. The van der Waals surface area contributed by atoms with Gasteiger partial charge in [-0.05, 0) is 11.1 Å². The van der Waals surface area contributed by atoms with Crippen LogP contribution < -0.4 is 0 Å². The van der Waals surface area contributed by atoms with E-state index >= 15 is 0 Å². The molecule has 1 aromatic rings. The highest BCUT2D eigenvalue weighted by molar-refractivity contribution is 8.69. The Labute approximate surface area is 112 Å². The van der Waals surface area contributed by atoms with Gasteiger partial charge in [-0.1, -0.05) is 24.3 Å².